The van der Waals surface area contributed by atoms with Crippen LogP contribution in [0.25, 0.3) is 0 Å². The van der Waals surface area contributed by atoms with E-state index in [1.165, 1.54) is 0 Å². The van der Waals surface area contributed by atoms with Gasteiger partial charge in [0, 0.05) is 34.2 Å². The first-order chi connectivity index (χ1) is 15.6. The predicted molar refractivity (Wildman–Crippen MR) is 125 cm³/mol. The van der Waals surface area contributed by atoms with Crippen molar-refractivity contribution < 1.29 is 23.9 Å². The number of ketones is 1. The molecule has 1 aromatic carbocycles. The van der Waals surface area contributed by atoms with Gasteiger partial charge in [-0.15, -0.1) is 0 Å². The van der Waals surface area contributed by atoms with Crippen LogP contribution >= 0.6 is 11.6 Å². The summed E-state index contributed by atoms with van der Waals surface area (Å²) in [5.74, 6) is -1.52. The van der Waals surface area contributed by atoms with Gasteiger partial charge in [-0.05, 0) is 57.9 Å². The number of nitrogens with one attached hydrogen (secondary N) is 1. The molecule has 8 heteroatoms. The Labute approximate surface area is 197 Å². The first-order valence-corrected chi connectivity index (χ1v) is 11.0. The second-order valence-electron chi connectivity index (χ2n) is 7.81. The van der Waals surface area contributed by atoms with Gasteiger partial charge in [-0.3, -0.25) is 4.79 Å². The number of hydrogen-bond donors (Lipinski definition) is 1. The van der Waals surface area contributed by atoms with E-state index in [1.54, 1.807) is 26.8 Å². The average molecular weight is 471 g/mol. The molecule has 0 saturated carbocycles. The van der Waals surface area contributed by atoms with Gasteiger partial charge in [0.1, 0.15) is 5.69 Å². The third kappa shape index (κ3) is 5.03. The van der Waals surface area contributed by atoms with E-state index in [0.29, 0.717) is 28.4 Å². The van der Waals surface area contributed by atoms with E-state index in [1.807, 2.05) is 42.7 Å². The van der Waals surface area contributed by atoms with Crippen LogP contribution in [0.4, 0.5) is 0 Å². The van der Waals surface area contributed by atoms with Gasteiger partial charge in [-0.2, -0.15) is 0 Å². The Morgan fingerprint density at radius 2 is 1.73 bits per heavy atom. The van der Waals surface area contributed by atoms with E-state index in [-0.39, 0.29) is 23.6 Å². The predicted octanol–water partition coefficient (Wildman–Crippen LogP) is 4.97. The molecule has 0 atom stereocenters. The van der Waals surface area contributed by atoms with Crippen LogP contribution in [0, 0.1) is 27.7 Å². The number of H-pyrrole nitrogens is 1. The zero-order valence-corrected chi connectivity index (χ0v) is 20.1. The lowest BCUT2D eigenvalue weighted by Gasteiger charge is -2.11. The lowest BCUT2D eigenvalue weighted by Crippen LogP contribution is -2.16. The van der Waals surface area contributed by atoms with Crippen molar-refractivity contribution >= 4 is 29.3 Å². The number of esters is 2. The second kappa shape index (κ2) is 10.1. The van der Waals surface area contributed by atoms with Crippen molar-refractivity contribution in [3.8, 4) is 0 Å². The molecular formula is C25H27ClN2O5. The lowest BCUT2D eigenvalue weighted by molar-refractivity contribution is 0.0473. The number of rotatable bonds is 8. The monoisotopic (exact) mass is 470 g/mol. The highest BCUT2D eigenvalue weighted by atomic mass is 35.5. The maximum Gasteiger partial charge on any atom is 0.355 e. The zero-order valence-electron chi connectivity index (χ0n) is 19.4. The fourth-order valence-corrected chi connectivity index (χ4v) is 4.06. The van der Waals surface area contributed by atoms with Gasteiger partial charge in [0.05, 0.1) is 12.2 Å². The molecule has 0 aliphatic carbocycles. The molecular weight excluding hydrogens is 444 g/mol. The molecule has 1 N–H and O–H groups in total. The summed E-state index contributed by atoms with van der Waals surface area (Å²) >= 11 is 6.29. The van der Waals surface area contributed by atoms with Crippen molar-refractivity contribution in [3.63, 3.8) is 0 Å². The molecule has 0 fully saturated rings. The van der Waals surface area contributed by atoms with Crippen molar-refractivity contribution in [3.05, 3.63) is 80.4 Å². The fourth-order valence-electron chi connectivity index (χ4n) is 3.87. The minimum absolute atomic E-state index is 0.204. The Morgan fingerprint density at radius 1 is 1.03 bits per heavy atom. The van der Waals surface area contributed by atoms with Crippen LogP contribution < -0.4 is 0 Å². The van der Waals surface area contributed by atoms with E-state index < -0.39 is 18.5 Å². The van der Waals surface area contributed by atoms with E-state index in [2.05, 4.69) is 4.98 Å². The number of nitrogens with zero attached hydrogens (tertiary/aromatic N) is 1. The summed E-state index contributed by atoms with van der Waals surface area (Å²) in [6, 6.07) is 9.34. The quantitative estimate of drug-likeness (QED) is 0.371. The van der Waals surface area contributed by atoms with E-state index in [9.17, 15) is 14.4 Å². The fraction of sp³-hybridized carbons (Fsp3) is 0.320. The maximum absolute atomic E-state index is 12.9. The molecule has 3 aromatic rings. The van der Waals surface area contributed by atoms with Gasteiger partial charge in [0.2, 0.25) is 5.78 Å². The molecule has 0 unspecified atom stereocenters. The van der Waals surface area contributed by atoms with Crippen molar-refractivity contribution in [2.45, 2.75) is 41.2 Å². The molecule has 0 aliphatic rings. The summed E-state index contributed by atoms with van der Waals surface area (Å²) in [5, 5.41) is 0.659. The minimum Gasteiger partial charge on any atom is -0.461 e. The van der Waals surface area contributed by atoms with Gasteiger partial charge < -0.3 is 19.0 Å². The Balaban J connectivity index is 1.74. The summed E-state index contributed by atoms with van der Waals surface area (Å²) < 4.78 is 12.3. The summed E-state index contributed by atoms with van der Waals surface area (Å²) in [6.07, 6.45) is 0. The van der Waals surface area contributed by atoms with Gasteiger partial charge in [0.15, 0.2) is 6.61 Å². The first-order valence-electron chi connectivity index (χ1n) is 10.6. The van der Waals surface area contributed by atoms with E-state index in [4.69, 9.17) is 21.1 Å². The third-order valence-electron chi connectivity index (χ3n) is 5.62. The Morgan fingerprint density at radius 3 is 2.39 bits per heavy atom. The zero-order chi connectivity index (χ0) is 24.3. The lowest BCUT2D eigenvalue weighted by atomic mass is 10.1. The van der Waals surface area contributed by atoms with Crippen molar-refractivity contribution in [1.82, 2.24) is 9.55 Å². The third-order valence-corrected chi connectivity index (χ3v) is 5.98. The largest absolute Gasteiger partial charge is 0.461 e. The number of Topliss-reactive ketones (excluding diaryl/α,β-unsaturated/α-hetero) is 1. The van der Waals surface area contributed by atoms with Gasteiger partial charge in [-0.1, -0.05) is 29.8 Å². The highest BCUT2D eigenvalue weighted by molar-refractivity contribution is 6.31. The summed E-state index contributed by atoms with van der Waals surface area (Å²) in [4.78, 5) is 40.5. The van der Waals surface area contributed by atoms with Crippen LogP contribution in [0.3, 0.4) is 0 Å². The highest BCUT2D eigenvalue weighted by Gasteiger charge is 2.25. The smallest absolute Gasteiger partial charge is 0.355 e. The normalized spacial score (nSPS) is 10.8. The number of aromatic nitrogens is 2. The SMILES string of the molecule is CCOC(=O)c1[nH]c(C)c(C(=O)OCC(=O)c2cc(C)n(Cc3ccccc3Cl)c2C)c1C. The minimum atomic E-state index is -0.671. The summed E-state index contributed by atoms with van der Waals surface area (Å²) in [6.45, 7) is 9.11. The molecule has 33 heavy (non-hydrogen) atoms. The maximum atomic E-state index is 12.9. The van der Waals surface area contributed by atoms with Crippen LogP contribution in [0.15, 0.2) is 30.3 Å². The number of carbonyl (C=O) groups is 3. The molecule has 174 valence electrons. The molecule has 2 aromatic heterocycles. The molecule has 0 radical (unpaired) electrons. The highest BCUT2D eigenvalue weighted by Crippen LogP contribution is 2.23. The molecule has 0 aliphatic heterocycles. The molecule has 0 bridgehead atoms. The van der Waals surface area contributed by atoms with Crippen molar-refractivity contribution in [2.24, 2.45) is 0 Å². The topological polar surface area (TPSA) is 90.4 Å². The standard InChI is InChI=1S/C25H27ClN2O5/c1-6-32-25(31)23-15(3)22(16(4)27-23)24(30)33-13-21(29)19-11-14(2)28(17(19)5)12-18-9-7-8-10-20(18)26/h7-11,27H,6,12-13H2,1-5H3. The van der Waals surface area contributed by atoms with E-state index in [0.717, 1.165) is 17.0 Å². The summed E-state index contributed by atoms with van der Waals surface area (Å²) in [7, 11) is 0. The van der Waals surface area contributed by atoms with Gasteiger partial charge in [-0.25, -0.2) is 9.59 Å². The Kier molecular flexibility index (Phi) is 7.43. The summed E-state index contributed by atoms with van der Waals surface area (Å²) in [5.41, 5.74) is 4.45. The van der Waals surface area contributed by atoms with Gasteiger partial charge >= 0.3 is 11.9 Å². The molecule has 2 heterocycles. The average Bonchev–Trinajstić information content (AvgIpc) is 3.23. The number of aromatic amines is 1. The number of benzene rings is 1. The van der Waals surface area contributed by atoms with Crippen LogP contribution in [0.1, 0.15) is 66.3 Å². The first kappa shape index (κ1) is 24.3. The number of hydrogen-bond acceptors (Lipinski definition) is 5. The van der Waals surface area contributed by atoms with Gasteiger partial charge in [0.25, 0.3) is 0 Å². The number of aryl methyl sites for hydroxylation is 2. The molecule has 0 amide bonds. The van der Waals surface area contributed by atoms with Crippen LogP contribution in [0.5, 0.6) is 0 Å². The molecule has 0 spiro atoms. The Hall–Kier alpha value is -3.32. The Bertz CT molecular complexity index is 1220. The van der Waals surface area contributed by atoms with Crippen molar-refractivity contribution in [1.29, 1.82) is 0 Å². The van der Waals surface area contributed by atoms with E-state index >= 15 is 0 Å². The molecule has 7 nitrogen and oxygen atoms in total. The van der Waals surface area contributed by atoms with Crippen LogP contribution in [-0.2, 0) is 16.0 Å². The number of halogens is 1. The number of carbonyl (C=O) groups excluding carboxylic acids is 3. The van der Waals surface area contributed by atoms with Crippen molar-refractivity contribution in [2.75, 3.05) is 13.2 Å². The van der Waals surface area contributed by atoms with Crippen LogP contribution in [-0.4, -0.2) is 40.5 Å². The molecule has 0 saturated heterocycles. The number of ether oxygens (including phenoxy) is 2. The second-order valence-corrected chi connectivity index (χ2v) is 8.21. The molecule has 3 rings (SSSR count). The van der Waals surface area contributed by atoms with Crippen LogP contribution in [0.2, 0.25) is 5.02 Å².